The van der Waals surface area contributed by atoms with Crippen LogP contribution in [0.1, 0.15) is 36.0 Å². The van der Waals surface area contributed by atoms with Gasteiger partial charge in [0.05, 0.1) is 11.9 Å². The predicted octanol–water partition coefficient (Wildman–Crippen LogP) is 4.85. The summed E-state index contributed by atoms with van der Waals surface area (Å²) in [6, 6.07) is 15.6. The standard InChI is InChI=1S/C25H27N3O3/c1-18-22(27-25(30)31-23(29)12-9-19-7-3-2-4-8-19)11-10-21-15-20(16-26-24(18)21)17-28-13-5-6-14-28/h2-4,7-8,10-11,15-16H,5-6,9,12-14,17H2,1H3,(H,27,30). The summed E-state index contributed by atoms with van der Waals surface area (Å²) < 4.78 is 4.92. The third-order valence-electron chi connectivity index (χ3n) is 5.67. The van der Waals surface area contributed by atoms with Crippen molar-refractivity contribution in [3.63, 3.8) is 0 Å². The molecule has 0 bridgehead atoms. The van der Waals surface area contributed by atoms with Crippen molar-refractivity contribution < 1.29 is 14.3 Å². The number of rotatable bonds is 6. The molecular weight excluding hydrogens is 390 g/mol. The zero-order valence-corrected chi connectivity index (χ0v) is 17.8. The molecule has 1 aliphatic rings. The maximum absolute atomic E-state index is 12.2. The van der Waals surface area contributed by atoms with Gasteiger partial charge in [0.2, 0.25) is 0 Å². The van der Waals surface area contributed by atoms with E-state index in [-0.39, 0.29) is 6.42 Å². The number of pyridine rings is 1. The minimum absolute atomic E-state index is 0.148. The molecule has 160 valence electrons. The molecule has 0 aliphatic carbocycles. The van der Waals surface area contributed by atoms with Crippen LogP contribution < -0.4 is 5.32 Å². The maximum atomic E-state index is 12.2. The van der Waals surface area contributed by atoms with Gasteiger partial charge in [-0.25, -0.2) is 4.79 Å². The smallest absolute Gasteiger partial charge is 0.376 e. The van der Waals surface area contributed by atoms with Crippen molar-refractivity contribution >= 4 is 28.7 Å². The van der Waals surface area contributed by atoms with Gasteiger partial charge >= 0.3 is 12.1 Å². The van der Waals surface area contributed by atoms with Gasteiger partial charge in [-0.1, -0.05) is 36.4 Å². The summed E-state index contributed by atoms with van der Waals surface area (Å²) in [5, 5.41) is 3.71. The number of aromatic nitrogens is 1. The molecule has 1 aliphatic heterocycles. The van der Waals surface area contributed by atoms with Crippen LogP contribution in [0.2, 0.25) is 0 Å². The number of hydrogen-bond donors (Lipinski definition) is 1. The Bertz CT molecular complexity index is 1080. The molecule has 1 aromatic heterocycles. The number of aryl methyl sites for hydroxylation is 2. The van der Waals surface area contributed by atoms with Crippen LogP contribution in [0.5, 0.6) is 0 Å². The summed E-state index contributed by atoms with van der Waals surface area (Å²) in [7, 11) is 0. The summed E-state index contributed by atoms with van der Waals surface area (Å²) in [5.41, 5.74) is 4.49. The molecule has 1 N–H and O–H groups in total. The van der Waals surface area contributed by atoms with E-state index in [1.54, 1.807) is 0 Å². The average Bonchev–Trinajstić information content (AvgIpc) is 3.28. The number of anilines is 1. The number of hydrogen-bond acceptors (Lipinski definition) is 5. The van der Waals surface area contributed by atoms with Gasteiger partial charge in [0.15, 0.2) is 0 Å². The van der Waals surface area contributed by atoms with Gasteiger partial charge in [-0.15, -0.1) is 0 Å². The molecular formula is C25H27N3O3. The quantitative estimate of drug-likeness (QED) is 0.459. The monoisotopic (exact) mass is 417 g/mol. The summed E-state index contributed by atoms with van der Waals surface area (Å²) in [6.07, 6.45) is 4.34. The van der Waals surface area contributed by atoms with Gasteiger partial charge in [0.1, 0.15) is 0 Å². The van der Waals surface area contributed by atoms with Gasteiger partial charge in [-0.2, -0.15) is 0 Å². The molecule has 2 aromatic carbocycles. The Kier molecular flexibility index (Phi) is 6.57. The first-order valence-electron chi connectivity index (χ1n) is 10.7. The van der Waals surface area contributed by atoms with Crippen molar-refractivity contribution in [2.24, 2.45) is 0 Å². The Morgan fingerprint density at radius 1 is 1.06 bits per heavy atom. The zero-order valence-electron chi connectivity index (χ0n) is 17.8. The highest BCUT2D eigenvalue weighted by molar-refractivity contribution is 5.96. The largest absolute Gasteiger partial charge is 0.419 e. The van der Waals surface area contributed by atoms with Crippen LogP contribution in [0, 0.1) is 6.92 Å². The Morgan fingerprint density at radius 2 is 1.84 bits per heavy atom. The minimum Gasteiger partial charge on any atom is -0.376 e. The van der Waals surface area contributed by atoms with Crippen molar-refractivity contribution in [1.29, 1.82) is 0 Å². The minimum atomic E-state index is -0.772. The van der Waals surface area contributed by atoms with E-state index >= 15 is 0 Å². The molecule has 2 heterocycles. The average molecular weight is 418 g/mol. The molecule has 6 heteroatoms. The first-order chi connectivity index (χ1) is 15.1. The Morgan fingerprint density at radius 3 is 2.61 bits per heavy atom. The van der Waals surface area contributed by atoms with Crippen molar-refractivity contribution in [2.45, 2.75) is 39.2 Å². The van der Waals surface area contributed by atoms with Crippen LogP contribution in [0.3, 0.4) is 0 Å². The summed E-state index contributed by atoms with van der Waals surface area (Å²) in [5.74, 6) is -0.551. The van der Waals surface area contributed by atoms with E-state index in [9.17, 15) is 9.59 Å². The number of nitrogens with zero attached hydrogens (tertiary/aromatic N) is 2. The van der Waals surface area contributed by atoms with E-state index in [2.05, 4.69) is 21.3 Å². The van der Waals surface area contributed by atoms with E-state index < -0.39 is 12.1 Å². The molecule has 31 heavy (non-hydrogen) atoms. The van der Waals surface area contributed by atoms with Crippen LogP contribution in [0.15, 0.2) is 54.7 Å². The lowest BCUT2D eigenvalue weighted by Crippen LogP contribution is -2.19. The van der Waals surface area contributed by atoms with E-state index in [4.69, 9.17) is 4.74 Å². The van der Waals surface area contributed by atoms with Crippen molar-refractivity contribution in [2.75, 3.05) is 18.4 Å². The first-order valence-corrected chi connectivity index (χ1v) is 10.7. The Balaban J connectivity index is 1.36. The van der Waals surface area contributed by atoms with Crippen LogP contribution >= 0.6 is 0 Å². The number of fused-ring (bicyclic) bond motifs is 1. The van der Waals surface area contributed by atoms with Crippen molar-refractivity contribution in [3.05, 3.63) is 71.4 Å². The number of amides is 1. The molecule has 1 fully saturated rings. The van der Waals surface area contributed by atoms with E-state index in [1.807, 2.05) is 55.6 Å². The number of esters is 1. The number of nitrogens with one attached hydrogen (secondary N) is 1. The SMILES string of the molecule is Cc1c(NC(=O)OC(=O)CCc2ccccc2)ccc2cc(CN3CCCC3)cnc12. The number of benzene rings is 2. The van der Waals surface area contributed by atoms with Gasteiger partial charge in [-0.05, 0) is 68.1 Å². The molecule has 0 atom stereocenters. The number of carbonyl (C=O) groups is 2. The molecule has 1 saturated heterocycles. The molecule has 0 spiro atoms. The number of carbonyl (C=O) groups excluding carboxylic acids is 2. The normalized spacial score (nSPS) is 14.0. The van der Waals surface area contributed by atoms with Gasteiger partial charge in [0, 0.05) is 23.8 Å². The van der Waals surface area contributed by atoms with Crippen LogP contribution in [0.4, 0.5) is 10.5 Å². The maximum Gasteiger partial charge on any atom is 0.419 e. The fourth-order valence-corrected chi connectivity index (χ4v) is 4.00. The first kappa shape index (κ1) is 21.0. The predicted molar refractivity (Wildman–Crippen MR) is 121 cm³/mol. The molecule has 4 rings (SSSR count). The second kappa shape index (κ2) is 9.71. The second-order valence-corrected chi connectivity index (χ2v) is 8.01. The second-order valence-electron chi connectivity index (χ2n) is 8.01. The van der Waals surface area contributed by atoms with Gasteiger partial charge < -0.3 is 4.74 Å². The molecule has 0 saturated carbocycles. The highest BCUT2D eigenvalue weighted by Gasteiger charge is 2.15. The van der Waals surface area contributed by atoms with Gasteiger partial charge in [0.25, 0.3) is 0 Å². The summed E-state index contributed by atoms with van der Waals surface area (Å²) >= 11 is 0. The van der Waals surface area contributed by atoms with Crippen molar-refractivity contribution in [1.82, 2.24) is 9.88 Å². The number of likely N-dealkylation sites (tertiary alicyclic amines) is 1. The van der Waals surface area contributed by atoms with E-state index in [0.29, 0.717) is 12.1 Å². The molecule has 0 radical (unpaired) electrons. The van der Waals surface area contributed by atoms with Gasteiger partial charge in [-0.3, -0.25) is 20.0 Å². The topological polar surface area (TPSA) is 71.5 Å². The number of ether oxygens (including phenoxy) is 1. The van der Waals surface area contributed by atoms with Crippen LogP contribution in [-0.4, -0.2) is 35.0 Å². The van der Waals surface area contributed by atoms with Crippen LogP contribution in [-0.2, 0) is 22.5 Å². The van der Waals surface area contributed by atoms with Crippen molar-refractivity contribution in [3.8, 4) is 0 Å². The Labute approximate surface area is 182 Å². The molecule has 0 unspecified atom stereocenters. The highest BCUT2D eigenvalue weighted by Crippen LogP contribution is 2.25. The molecule has 1 amide bonds. The highest BCUT2D eigenvalue weighted by atomic mass is 16.6. The van der Waals surface area contributed by atoms with E-state index in [1.165, 1.54) is 18.4 Å². The summed E-state index contributed by atoms with van der Waals surface area (Å²) in [4.78, 5) is 31.3. The fourth-order valence-electron chi connectivity index (χ4n) is 4.00. The third-order valence-corrected chi connectivity index (χ3v) is 5.67. The lowest BCUT2D eigenvalue weighted by molar-refractivity contribution is -0.136. The molecule has 6 nitrogen and oxygen atoms in total. The molecule has 3 aromatic rings. The third kappa shape index (κ3) is 5.47. The lowest BCUT2D eigenvalue weighted by Gasteiger charge is -2.15. The fraction of sp³-hybridized carbons (Fsp3) is 0.320. The zero-order chi connectivity index (χ0) is 21.6. The Hall–Kier alpha value is -3.25. The lowest BCUT2D eigenvalue weighted by atomic mass is 10.1. The summed E-state index contributed by atoms with van der Waals surface area (Å²) in [6.45, 7) is 5.11. The van der Waals surface area contributed by atoms with E-state index in [0.717, 1.165) is 41.7 Å². The van der Waals surface area contributed by atoms with Crippen LogP contribution in [0.25, 0.3) is 10.9 Å².